The lowest BCUT2D eigenvalue weighted by molar-refractivity contribution is 0.0750. The second-order valence-corrected chi connectivity index (χ2v) is 5.80. The molecule has 0 aliphatic carbocycles. The summed E-state index contributed by atoms with van der Waals surface area (Å²) in [6.07, 6.45) is 3.29. The average Bonchev–Trinajstić information content (AvgIpc) is 3.00. The largest absolute Gasteiger partial charge is 0.493 e. The van der Waals surface area contributed by atoms with Crippen molar-refractivity contribution in [3.63, 3.8) is 0 Å². The summed E-state index contributed by atoms with van der Waals surface area (Å²) in [4.78, 5) is 14.7. The predicted molar refractivity (Wildman–Crippen MR) is 90.8 cm³/mol. The third-order valence-electron chi connectivity index (χ3n) is 4.53. The number of ether oxygens (including phenoxy) is 2. The van der Waals surface area contributed by atoms with Crippen LogP contribution in [0.3, 0.4) is 0 Å². The summed E-state index contributed by atoms with van der Waals surface area (Å²) in [6, 6.07) is 5.84. The number of carbonyl (C=O) groups excluding carboxylic acids is 1. The highest BCUT2D eigenvalue weighted by molar-refractivity contribution is 5.92. The van der Waals surface area contributed by atoms with Crippen LogP contribution in [0.2, 0.25) is 0 Å². The Bertz CT molecular complexity index is 704. The molecule has 0 atom stereocenters. The molecule has 1 amide bonds. The Morgan fingerprint density at radius 1 is 1.12 bits per heavy atom. The molecule has 0 radical (unpaired) electrons. The van der Waals surface area contributed by atoms with Crippen LogP contribution in [0.25, 0.3) is 0 Å². The van der Waals surface area contributed by atoms with Crippen molar-refractivity contribution >= 4 is 5.91 Å². The van der Waals surface area contributed by atoms with E-state index >= 15 is 0 Å². The molecule has 0 saturated heterocycles. The highest BCUT2D eigenvalue weighted by atomic mass is 16.5. The van der Waals surface area contributed by atoms with E-state index in [2.05, 4.69) is 5.10 Å². The standard InChI is InChI=1S/C18H23N3O3/c1-4-21-15(5-8-19-21)18(22)20-9-6-13-11-16(23-2)17(24-3)12-14(13)7-10-20/h5,8,11-12H,4,6-7,9-10H2,1-3H3. The van der Waals surface area contributed by atoms with Crippen molar-refractivity contribution in [2.24, 2.45) is 0 Å². The number of aryl methyl sites for hydroxylation is 1. The molecule has 1 aliphatic heterocycles. The first-order chi connectivity index (χ1) is 11.7. The number of hydrogen-bond donors (Lipinski definition) is 0. The van der Waals surface area contributed by atoms with E-state index in [4.69, 9.17) is 9.47 Å². The topological polar surface area (TPSA) is 56.6 Å². The molecule has 24 heavy (non-hydrogen) atoms. The first kappa shape index (κ1) is 16.4. The van der Waals surface area contributed by atoms with Gasteiger partial charge in [-0.3, -0.25) is 9.48 Å². The van der Waals surface area contributed by atoms with Gasteiger partial charge in [0.25, 0.3) is 5.91 Å². The third kappa shape index (κ3) is 2.96. The SMILES string of the molecule is CCn1nccc1C(=O)N1CCc2cc(OC)c(OC)cc2CC1. The van der Waals surface area contributed by atoms with Gasteiger partial charge in [0.2, 0.25) is 0 Å². The Kier molecular flexibility index (Phi) is 4.74. The molecular formula is C18H23N3O3. The molecule has 0 bridgehead atoms. The number of hydrogen-bond acceptors (Lipinski definition) is 4. The van der Waals surface area contributed by atoms with Crippen LogP contribution in [0, 0.1) is 0 Å². The normalized spacial score (nSPS) is 14.0. The summed E-state index contributed by atoms with van der Waals surface area (Å²) >= 11 is 0. The Morgan fingerprint density at radius 2 is 1.71 bits per heavy atom. The van der Waals surface area contributed by atoms with E-state index in [1.165, 1.54) is 11.1 Å². The van der Waals surface area contributed by atoms with Crippen LogP contribution >= 0.6 is 0 Å². The number of benzene rings is 1. The molecule has 0 spiro atoms. The predicted octanol–water partition coefficient (Wildman–Crippen LogP) is 2.16. The third-order valence-corrected chi connectivity index (χ3v) is 4.53. The zero-order valence-electron chi connectivity index (χ0n) is 14.4. The first-order valence-corrected chi connectivity index (χ1v) is 8.22. The highest BCUT2D eigenvalue weighted by Crippen LogP contribution is 2.32. The van der Waals surface area contributed by atoms with E-state index in [1.807, 2.05) is 24.0 Å². The quantitative estimate of drug-likeness (QED) is 0.862. The molecule has 0 fully saturated rings. The van der Waals surface area contributed by atoms with Gasteiger partial charge in [0.15, 0.2) is 11.5 Å². The summed E-state index contributed by atoms with van der Waals surface area (Å²) in [6.45, 7) is 4.06. The van der Waals surface area contributed by atoms with Gasteiger partial charge in [-0.05, 0) is 49.1 Å². The van der Waals surface area contributed by atoms with Crippen LogP contribution in [0.5, 0.6) is 11.5 Å². The molecule has 6 nitrogen and oxygen atoms in total. The van der Waals surface area contributed by atoms with Crippen LogP contribution in [0.4, 0.5) is 0 Å². The van der Waals surface area contributed by atoms with Gasteiger partial charge < -0.3 is 14.4 Å². The monoisotopic (exact) mass is 329 g/mol. The second-order valence-electron chi connectivity index (χ2n) is 5.80. The smallest absolute Gasteiger partial charge is 0.272 e. The molecule has 0 N–H and O–H groups in total. The lowest BCUT2D eigenvalue weighted by atomic mass is 10.0. The van der Waals surface area contributed by atoms with Crippen molar-refractivity contribution in [2.45, 2.75) is 26.3 Å². The summed E-state index contributed by atoms with van der Waals surface area (Å²) in [5, 5.41) is 4.19. The van der Waals surface area contributed by atoms with E-state index in [0.717, 1.165) is 24.3 Å². The fourth-order valence-corrected chi connectivity index (χ4v) is 3.18. The minimum atomic E-state index is 0.0427. The molecule has 0 saturated carbocycles. The molecule has 1 aromatic carbocycles. The van der Waals surface area contributed by atoms with E-state index in [1.54, 1.807) is 31.2 Å². The number of fused-ring (bicyclic) bond motifs is 1. The average molecular weight is 329 g/mol. The van der Waals surface area contributed by atoms with Crippen molar-refractivity contribution in [2.75, 3.05) is 27.3 Å². The molecular weight excluding hydrogens is 306 g/mol. The van der Waals surface area contributed by atoms with Crippen LogP contribution in [-0.2, 0) is 19.4 Å². The number of methoxy groups -OCH3 is 2. The summed E-state index contributed by atoms with van der Waals surface area (Å²) in [5.41, 5.74) is 3.08. The van der Waals surface area contributed by atoms with Gasteiger partial charge in [-0.1, -0.05) is 0 Å². The van der Waals surface area contributed by atoms with Crippen LogP contribution < -0.4 is 9.47 Å². The molecule has 2 heterocycles. The maximum absolute atomic E-state index is 12.8. The lowest BCUT2D eigenvalue weighted by Gasteiger charge is -2.20. The summed E-state index contributed by atoms with van der Waals surface area (Å²) in [5.74, 6) is 1.52. The maximum atomic E-state index is 12.8. The number of carbonyl (C=O) groups is 1. The number of nitrogens with zero attached hydrogens (tertiary/aromatic N) is 3. The zero-order chi connectivity index (χ0) is 17.1. The molecule has 0 unspecified atom stereocenters. The summed E-state index contributed by atoms with van der Waals surface area (Å²) < 4.78 is 12.5. The van der Waals surface area contributed by atoms with Crippen molar-refractivity contribution in [3.8, 4) is 11.5 Å². The highest BCUT2D eigenvalue weighted by Gasteiger charge is 2.23. The Hall–Kier alpha value is -2.50. The van der Waals surface area contributed by atoms with Gasteiger partial charge in [0.1, 0.15) is 5.69 Å². The maximum Gasteiger partial charge on any atom is 0.272 e. The number of amides is 1. The fraction of sp³-hybridized carbons (Fsp3) is 0.444. The second kappa shape index (κ2) is 6.95. The molecule has 6 heteroatoms. The van der Waals surface area contributed by atoms with Gasteiger partial charge in [0.05, 0.1) is 14.2 Å². The van der Waals surface area contributed by atoms with Crippen LogP contribution in [-0.4, -0.2) is 47.9 Å². The van der Waals surface area contributed by atoms with Crippen molar-refractivity contribution in [1.29, 1.82) is 0 Å². The van der Waals surface area contributed by atoms with E-state index in [-0.39, 0.29) is 5.91 Å². The van der Waals surface area contributed by atoms with E-state index in [9.17, 15) is 4.79 Å². The first-order valence-electron chi connectivity index (χ1n) is 8.22. The lowest BCUT2D eigenvalue weighted by Crippen LogP contribution is -2.34. The van der Waals surface area contributed by atoms with Crippen molar-refractivity contribution < 1.29 is 14.3 Å². The molecule has 2 aromatic rings. The minimum Gasteiger partial charge on any atom is -0.493 e. The molecule has 1 aromatic heterocycles. The number of aromatic nitrogens is 2. The minimum absolute atomic E-state index is 0.0427. The Balaban J connectivity index is 1.81. The molecule has 128 valence electrons. The van der Waals surface area contributed by atoms with E-state index in [0.29, 0.717) is 25.3 Å². The zero-order valence-corrected chi connectivity index (χ0v) is 14.4. The van der Waals surface area contributed by atoms with Crippen molar-refractivity contribution in [3.05, 3.63) is 41.2 Å². The Morgan fingerprint density at radius 3 is 2.21 bits per heavy atom. The molecule has 3 rings (SSSR count). The Labute approximate surface area is 142 Å². The van der Waals surface area contributed by atoms with Crippen LogP contribution in [0.1, 0.15) is 28.5 Å². The number of rotatable bonds is 4. The van der Waals surface area contributed by atoms with Gasteiger partial charge in [-0.25, -0.2) is 0 Å². The molecule has 1 aliphatic rings. The summed E-state index contributed by atoms with van der Waals surface area (Å²) in [7, 11) is 3.28. The van der Waals surface area contributed by atoms with Crippen molar-refractivity contribution in [1.82, 2.24) is 14.7 Å². The van der Waals surface area contributed by atoms with Gasteiger partial charge in [-0.2, -0.15) is 5.10 Å². The van der Waals surface area contributed by atoms with Gasteiger partial charge >= 0.3 is 0 Å². The van der Waals surface area contributed by atoms with Gasteiger partial charge in [0, 0.05) is 25.8 Å². The van der Waals surface area contributed by atoms with Gasteiger partial charge in [-0.15, -0.1) is 0 Å². The fourth-order valence-electron chi connectivity index (χ4n) is 3.18. The van der Waals surface area contributed by atoms with E-state index < -0.39 is 0 Å². The van der Waals surface area contributed by atoms with Crippen LogP contribution in [0.15, 0.2) is 24.4 Å².